The molecule has 1 aliphatic carbocycles. The average molecular weight is 495 g/mol. The number of methoxy groups -OCH3 is 1. The first kappa shape index (κ1) is 23.4. The predicted octanol–water partition coefficient (Wildman–Crippen LogP) is 3.05. The lowest BCUT2D eigenvalue weighted by Gasteiger charge is -2.14. The van der Waals surface area contributed by atoms with Crippen molar-refractivity contribution in [3.63, 3.8) is 0 Å². The molecule has 0 radical (unpaired) electrons. The third-order valence-electron chi connectivity index (χ3n) is 6.00. The van der Waals surface area contributed by atoms with Crippen LogP contribution in [0.2, 0.25) is 0 Å². The fraction of sp³-hybridized carbons (Fsp3) is 0.292. The molecular formula is C24H23F2N7O3. The Morgan fingerprint density at radius 3 is 2.69 bits per heavy atom. The second-order valence-electron chi connectivity index (χ2n) is 8.62. The van der Waals surface area contributed by atoms with E-state index in [1.54, 1.807) is 30.1 Å². The Balaban J connectivity index is 1.43. The molecule has 1 fully saturated rings. The summed E-state index contributed by atoms with van der Waals surface area (Å²) in [5.74, 6) is -2.70. The lowest BCUT2D eigenvalue weighted by Crippen LogP contribution is -2.27. The van der Waals surface area contributed by atoms with Gasteiger partial charge in [-0.1, -0.05) is 5.16 Å². The molecule has 4 heterocycles. The van der Waals surface area contributed by atoms with E-state index in [9.17, 15) is 13.6 Å². The van der Waals surface area contributed by atoms with Gasteiger partial charge in [-0.15, -0.1) is 0 Å². The first-order chi connectivity index (χ1) is 17.3. The lowest BCUT2D eigenvalue weighted by atomic mass is 10.0. The summed E-state index contributed by atoms with van der Waals surface area (Å²) in [4.78, 5) is 31.4. The summed E-state index contributed by atoms with van der Waals surface area (Å²) in [6.07, 6.45) is 6.10. The van der Waals surface area contributed by atoms with Crippen molar-refractivity contribution >= 4 is 22.7 Å². The molecule has 2 N–H and O–H groups in total. The van der Waals surface area contributed by atoms with Gasteiger partial charge in [0.1, 0.15) is 17.0 Å². The van der Waals surface area contributed by atoms with Gasteiger partial charge >= 0.3 is 0 Å². The predicted molar refractivity (Wildman–Crippen MR) is 126 cm³/mol. The van der Waals surface area contributed by atoms with Crippen LogP contribution < -0.4 is 10.5 Å². The van der Waals surface area contributed by atoms with Crippen LogP contribution in [0, 0.1) is 24.5 Å². The van der Waals surface area contributed by atoms with E-state index in [0.29, 0.717) is 11.6 Å². The number of nitrogens with zero attached hydrogens (tertiary/aromatic N) is 6. The maximum Gasteiger partial charge on any atom is 0.238 e. The highest BCUT2D eigenvalue weighted by Crippen LogP contribution is 2.37. The van der Waals surface area contributed by atoms with Crippen molar-refractivity contribution in [1.82, 2.24) is 24.1 Å². The number of ketones is 1. The Morgan fingerprint density at radius 2 is 2.03 bits per heavy atom. The molecule has 1 atom stereocenters. The molecule has 1 aliphatic rings. The standard InChI is InChI=1S/C24H23F2N7O3/c1-12-9-33(11-29-12)17-7-6-16(30-24(17)35-3)22(27)31-36-21(13-4-5-13)20(34)14-10-32(2)23-18(14)19(26)15(25)8-28-23/h6-11,13,21H,4-5H2,1-3H3,(H2,27,31). The van der Waals surface area contributed by atoms with Crippen LogP contribution in [-0.4, -0.2) is 48.9 Å². The summed E-state index contributed by atoms with van der Waals surface area (Å²) in [6, 6.07) is 3.38. The third kappa shape index (κ3) is 4.14. The quantitative estimate of drug-likeness (QED) is 0.173. The highest BCUT2D eigenvalue weighted by Gasteiger charge is 2.40. The Hall–Kier alpha value is -4.35. The van der Waals surface area contributed by atoms with Gasteiger partial charge in [-0.25, -0.2) is 23.7 Å². The normalized spacial score (nSPS) is 14.8. The molecule has 1 saturated carbocycles. The fourth-order valence-corrected chi connectivity index (χ4v) is 4.00. The highest BCUT2D eigenvalue weighted by molar-refractivity contribution is 6.10. The molecule has 4 aromatic heterocycles. The molecule has 10 nitrogen and oxygen atoms in total. The molecular weight excluding hydrogens is 472 g/mol. The van der Waals surface area contributed by atoms with Crippen molar-refractivity contribution in [1.29, 1.82) is 0 Å². The van der Waals surface area contributed by atoms with E-state index in [4.69, 9.17) is 15.3 Å². The molecule has 4 aromatic rings. The van der Waals surface area contributed by atoms with Crippen molar-refractivity contribution < 1.29 is 23.1 Å². The van der Waals surface area contributed by atoms with Gasteiger partial charge in [0.2, 0.25) is 11.7 Å². The minimum Gasteiger partial charge on any atom is -0.479 e. The number of carbonyl (C=O) groups is 1. The van der Waals surface area contributed by atoms with Crippen molar-refractivity contribution in [2.75, 3.05) is 7.11 Å². The largest absolute Gasteiger partial charge is 0.479 e. The molecule has 12 heteroatoms. The van der Waals surface area contributed by atoms with Crippen LogP contribution in [0.25, 0.3) is 16.7 Å². The van der Waals surface area contributed by atoms with E-state index >= 15 is 0 Å². The van der Waals surface area contributed by atoms with Crippen molar-refractivity contribution in [2.24, 2.45) is 23.9 Å². The van der Waals surface area contributed by atoms with E-state index < -0.39 is 23.5 Å². The zero-order valence-electron chi connectivity index (χ0n) is 19.8. The molecule has 1 unspecified atom stereocenters. The van der Waals surface area contributed by atoms with Crippen molar-refractivity contribution in [3.8, 4) is 11.6 Å². The Labute approximate surface area is 204 Å². The number of nitrogens with two attached hydrogens (primary N) is 1. The highest BCUT2D eigenvalue weighted by atomic mass is 19.2. The van der Waals surface area contributed by atoms with Crippen LogP contribution in [0.1, 0.15) is 34.6 Å². The summed E-state index contributed by atoms with van der Waals surface area (Å²) in [5.41, 5.74) is 7.99. The van der Waals surface area contributed by atoms with Crippen LogP contribution in [0.15, 0.2) is 42.2 Å². The molecule has 36 heavy (non-hydrogen) atoms. The number of ether oxygens (including phenoxy) is 1. The maximum absolute atomic E-state index is 14.6. The molecule has 0 aromatic carbocycles. The molecule has 0 amide bonds. The SMILES string of the molecule is COc1nc(C(N)=NOC(C(=O)c2cn(C)c3ncc(F)c(F)c23)C2CC2)ccc1-n1cnc(C)c1. The second-order valence-corrected chi connectivity index (χ2v) is 8.62. The average Bonchev–Trinajstić information content (AvgIpc) is 3.53. The minimum absolute atomic E-state index is 0.0255. The second kappa shape index (κ2) is 9.02. The van der Waals surface area contributed by atoms with Gasteiger partial charge in [-0.05, 0) is 31.9 Å². The molecule has 0 saturated heterocycles. The van der Waals surface area contributed by atoms with E-state index in [-0.39, 0.29) is 34.0 Å². The maximum atomic E-state index is 14.6. The Kier molecular flexibility index (Phi) is 5.86. The van der Waals surface area contributed by atoms with Crippen LogP contribution in [0.3, 0.4) is 0 Å². The number of Topliss-reactive ketones (excluding diaryl/α,β-unsaturated/α-hetero) is 1. The minimum atomic E-state index is -1.14. The molecule has 5 rings (SSSR count). The number of hydrogen-bond acceptors (Lipinski definition) is 7. The Bertz CT molecular complexity index is 1510. The van der Waals surface area contributed by atoms with Crippen LogP contribution in [0.5, 0.6) is 5.88 Å². The number of carbonyl (C=O) groups excluding carboxylic acids is 1. The van der Waals surface area contributed by atoms with Gasteiger partial charge in [0.05, 0.1) is 36.3 Å². The lowest BCUT2D eigenvalue weighted by molar-refractivity contribution is 0.0353. The first-order valence-electron chi connectivity index (χ1n) is 11.2. The molecule has 0 bridgehead atoms. The van der Waals surface area contributed by atoms with Crippen molar-refractivity contribution in [2.45, 2.75) is 25.9 Å². The van der Waals surface area contributed by atoms with E-state index in [2.05, 4.69) is 20.1 Å². The monoisotopic (exact) mass is 495 g/mol. The van der Waals surface area contributed by atoms with Gasteiger partial charge < -0.3 is 24.4 Å². The molecule has 0 spiro atoms. The Morgan fingerprint density at radius 1 is 1.25 bits per heavy atom. The smallest absolute Gasteiger partial charge is 0.238 e. The number of hydrogen-bond donors (Lipinski definition) is 1. The summed E-state index contributed by atoms with van der Waals surface area (Å²) in [7, 11) is 3.08. The van der Waals surface area contributed by atoms with E-state index in [0.717, 1.165) is 24.7 Å². The van der Waals surface area contributed by atoms with Crippen molar-refractivity contribution in [3.05, 3.63) is 65.6 Å². The van der Waals surface area contributed by atoms with Gasteiger partial charge in [0.25, 0.3) is 0 Å². The summed E-state index contributed by atoms with van der Waals surface area (Å²) in [6.45, 7) is 1.87. The van der Waals surface area contributed by atoms with Gasteiger partial charge in [0, 0.05) is 25.4 Å². The number of rotatable bonds is 8. The van der Waals surface area contributed by atoms with Crippen LogP contribution in [-0.2, 0) is 11.9 Å². The number of oxime groups is 1. The number of imidazole rings is 1. The van der Waals surface area contributed by atoms with Crippen LogP contribution >= 0.6 is 0 Å². The molecule has 0 aliphatic heterocycles. The number of pyridine rings is 2. The topological polar surface area (TPSA) is 122 Å². The summed E-state index contributed by atoms with van der Waals surface area (Å²) >= 11 is 0. The zero-order valence-corrected chi connectivity index (χ0v) is 19.8. The number of halogens is 2. The fourth-order valence-electron chi connectivity index (χ4n) is 4.00. The number of fused-ring (bicyclic) bond motifs is 1. The number of aryl methyl sites for hydroxylation is 2. The van der Waals surface area contributed by atoms with Crippen LogP contribution in [0.4, 0.5) is 8.78 Å². The van der Waals surface area contributed by atoms with E-state index in [1.165, 1.54) is 17.9 Å². The van der Waals surface area contributed by atoms with Gasteiger partial charge in [0.15, 0.2) is 23.6 Å². The third-order valence-corrected chi connectivity index (χ3v) is 6.00. The van der Waals surface area contributed by atoms with E-state index in [1.807, 2.05) is 13.1 Å². The molecule has 186 valence electrons. The first-order valence-corrected chi connectivity index (χ1v) is 11.2. The van der Waals surface area contributed by atoms with Gasteiger partial charge in [-0.3, -0.25) is 4.79 Å². The zero-order chi connectivity index (χ0) is 25.6. The number of amidine groups is 1. The number of aromatic nitrogens is 5. The summed E-state index contributed by atoms with van der Waals surface area (Å²) < 4.78 is 37.1. The summed E-state index contributed by atoms with van der Waals surface area (Å²) in [5, 5.41) is 3.77. The van der Waals surface area contributed by atoms with Gasteiger partial charge in [-0.2, -0.15) is 0 Å².